The van der Waals surface area contributed by atoms with Crippen LogP contribution < -0.4 is 10.6 Å². The SMILES string of the molecule is CC1=NC(C)=C(C#N)C(c2ccc3[nH]nc(NCC4CCNCC4)c3c2)C1C#N. The first-order valence-electron chi connectivity index (χ1n) is 10.1. The molecular weight excluding hydrogens is 362 g/mol. The fourth-order valence-electron chi connectivity index (χ4n) is 4.39. The van der Waals surface area contributed by atoms with Gasteiger partial charge >= 0.3 is 0 Å². The number of aliphatic imine (C=N–C) groups is 1. The Morgan fingerprint density at radius 3 is 2.72 bits per heavy atom. The van der Waals surface area contributed by atoms with Gasteiger partial charge in [-0.1, -0.05) is 6.07 Å². The number of aromatic amines is 1. The van der Waals surface area contributed by atoms with Crippen LogP contribution in [0.3, 0.4) is 0 Å². The third-order valence-electron chi connectivity index (χ3n) is 6.05. The molecule has 1 fully saturated rings. The van der Waals surface area contributed by atoms with Gasteiger partial charge in [0.05, 0.1) is 34.8 Å². The van der Waals surface area contributed by atoms with E-state index >= 15 is 0 Å². The van der Waals surface area contributed by atoms with Crippen molar-refractivity contribution in [1.82, 2.24) is 15.5 Å². The van der Waals surface area contributed by atoms with Crippen LogP contribution in [0.25, 0.3) is 10.9 Å². The van der Waals surface area contributed by atoms with E-state index in [1.54, 1.807) is 0 Å². The molecule has 1 saturated heterocycles. The fraction of sp³-hybridized carbons (Fsp3) is 0.455. The van der Waals surface area contributed by atoms with E-state index in [4.69, 9.17) is 0 Å². The third kappa shape index (κ3) is 3.62. The average molecular weight is 387 g/mol. The monoisotopic (exact) mass is 387 g/mol. The Morgan fingerprint density at radius 1 is 1.21 bits per heavy atom. The Labute approximate surface area is 170 Å². The van der Waals surface area contributed by atoms with E-state index < -0.39 is 5.92 Å². The number of hydrogen-bond acceptors (Lipinski definition) is 6. The molecule has 0 saturated carbocycles. The third-order valence-corrected chi connectivity index (χ3v) is 6.05. The zero-order valence-corrected chi connectivity index (χ0v) is 16.8. The van der Waals surface area contributed by atoms with Crippen LogP contribution in [0.4, 0.5) is 5.82 Å². The average Bonchev–Trinajstić information content (AvgIpc) is 3.14. The minimum Gasteiger partial charge on any atom is -0.368 e. The lowest BCUT2D eigenvalue weighted by atomic mass is 9.76. The predicted molar refractivity (Wildman–Crippen MR) is 113 cm³/mol. The maximum absolute atomic E-state index is 9.75. The number of anilines is 1. The van der Waals surface area contributed by atoms with Gasteiger partial charge in [-0.15, -0.1) is 0 Å². The standard InChI is InChI=1S/C22H25N7/c1-13-18(10-23)21(19(11-24)14(2)27-13)16-3-4-20-17(9-16)22(29-28-20)26-12-15-5-7-25-8-6-15/h3-4,9,15,18,21,25H,5-8,12H2,1-2H3,(H2,26,28,29). The first kappa shape index (κ1) is 19.2. The van der Waals surface area contributed by atoms with Crippen LogP contribution in [0, 0.1) is 34.5 Å². The Balaban J connectivity index is 1.67. The summed E-state index contributed by atoms with van der Waals surface area (Å²) >= 11 is 0. The Morgan fingerprint density at radius 2 is 2.00 bits per heavy atom. The minimum atomic E-state index is -0.441. The van der Waals surface area contributed by atoms with E-state index in [1.165, 1.54) is 12.8 Å². The first-order chi connectivity index (χ1) is 14.1. The van der Waals surface area contributed by atoms with Gasteiger partial charge in [-0.2, -0.15) is 15.6 Å². The zero-order valence-electron chi connectivity index (χ0n) is 16.8. The van der Waals surface area contributed by atoms with Gasteiger partial charge < -0.3 is 10.6 Å². The first-order valence-corrected chi connectivity index (χ1v) is 10.1. The van der Waals surface area contributed by atoms with Gasteiger partial charge in [0.1, 0.15) is 0 Å². The number of piperidine rings is 1. The molecule has 0 bridgehead atoms. The van der Waals surface area contributed by atoms with Crippen LogP contribution in [0.5, 0.6) is 0 Å². The molecule has 0 radical (unpaired) electrons. The van der Waals surface area contributed by atoms with E-state index in [1.807, 2.05) is 26.0 Å². The second-order valence-electron chi connectivity index (χ2n) is 7.90. The van der Waals surface area contributed by atoms with Crippen LogP contribution in [0.15, 0.2) is 34.5 Å². The van der Waals surface area contributed by atoms with Gasteiger partial charge in [0.15, 0.2) is 5.82 Å². The van der Waals surface area contributed by atoms with Crippen molar-refractivity contribution in [3.05, 3.63) is 35.0 Å². The van der Waals surface area contributed by atoms with E-state index in [-0.39, 0.29) is 5.92 Å². The van der Waals surface area contributed by atoms with E-state index in [0.29, 0.717) is 17.2 Å². The summed E-state index contributed by atoms with van der Waals surface area (Å²) in [7, 11) is 0. The van der Waals surface area contributed by atoms with Crippen LogP contribution in [-0.2, 0) is 0 Å². The molecule has 1 aromatic carbocycles. The number of nitriles is 2. The maximum Gasteiger partial charge on any atom is 0.155 e. The molecule has 148 valence electrons. The number of fused-ring (bicyclic) bond motifs is 1. The van der Waals surface area contributed by atoms with Crippen molar-refractivity contribution in [2.45, 2.75) is 32.6 Å². The molecule has 0 aliphatic carbocycles. The highest BCUT2D eigenvalue weighted by atomic mass is 15.2. The van der Waals surface area contributed by atoms with Crippen molar-refractivity contribution in [2.24, 2.45) is 16.8 Å². The molecule has 2 atom stereocenters. The topological polar surface area (TPSA) is 113 Å². The molecule has 29 heavy (non-hydrogen) atoms. The number of nitrogens with zero attached hydrogens (tertiary/aromatic N) is 4. The van der Waals surface area contributed by atoms with E-state index in [2.05, 4.69) is 44.0 Å². The quantitative estimate of drug-likeness (QED) is 0.743. The molecule has 0 spiro atoms. The van der Waals surface area contributed by atoms with Crippen molar-refractivity contribution in [3.63, 3.8) is 0 Å². The molecule has 3 N–H and O–H groups in total. The molecule has 7 nitrogen and oxygen atoms in total. The molecule has 3 heterocycles. The lowest BCUT2D eigenvalue weighted by molar-refractivity contribution is 0.389. The number of nitrogens with one attached hydrogen (secondary N) is 3. The van der Waals surface area contributed by atoms with Crippen LogP contribution >= 0.6 is 0 Å². The summed E-state index contributed by atoms with van der Waals surface area (Å²) in [6, 6.07) is 10.7. The Bertz CT molecular complexity index is 1060. The number of allylic oxidation sites excluding steroid dienone is 2. The summed E-state index contributed by atoms with van der Waals surface area (Å²) in [5.74, 6) is 0.722. The summed E-state index contributed by atoms with van der Waals surface area (Å²) < 4.78 is 0. The van der Waals surface area contributed by atoms with Crippen molar-refractivity contribution in [3.8, 4) is 12.1 Å². The van der Waals surface area contributed by atoms with Crippen LogP contribution in [-0.4, -0.2) is 35.5 Å². The summed E-state index contributed by atoms with van der Waals surface area (Å²) in [6.45, 7) is 6.73. The summed E-state index contributed by atoms with van der Waals surface area (Å²) in [4.78, 5) is 4.43. The van der Waals surface area contributed by atoms with E-state index in [9.17, 15) is 10.5 Å². The van der Waals surface area contributed by atoms with Gasteiger partial charge in [0, 0.05) is 23.6 Å². The molecule has 1 aromatic heterocycles. The zero-order chi connectivity index (χ0) is 20.4. The van der Waals surface area contributed by atoms with Crippen LogP contribution in [0.1, 0.15) is 38.2 Å². The van der Waals surface area contributed by atoms with Gasteiger partial charge in [-0.05, 0) is 63.4 Å². The molecule has 0 amide bonds. The highest BCUT2D eigenvalue weighted by Gasteiger charge is 2.34. The van der Waals surface area contributed by atoms with Gasteiger partial charge in [-0.3, -0.25) is 10.1 Å². The molecule has 4 rings (SSSR count). The second kappa shape index (κ2) is 8.06. The lowest BCUT2D eigenvalue weighted by Gasteiger charge is -2.27. The van der Waals surface area contributed by atoms with Gasteiger partial charge in [0.2, 0.25) is 0 Å². The second-order valence-corrected chi connectivity index (χ2v) is 7.90. The maximum atomic E-state index is 9.75. The molecular formula is C22H25N7. The fourth-order valence-corrected chi connectivity index (χ4v) is 4.39. The number of rotatable bonds is 4. The van der Waals surface area contributed by atoms with Crippen molar-refractivity contribution in [1.29, 1.82) is 10.5 Å². The molecule has 7 heteroatoms. The normalized spacial score (nSPS) is 22.8. The van der Waals surface area contributed by atoms with E-state index in [0.717, 1.165) is 47.6 Å². The van der Waals surface area contributed by atoms with Crippen molar-refractivity contribution >= 4 is 22.4 Å². The minimum absolute atomic E-state index is 0.306. The molecule has 2 aromatic rings. The predicted octanol–water partition coefficient (Wildman–Crippen LogP) is 3.47. The highest BCUT2D eigenvalue weighted by molar-refractivity contribution is 5.93. The van der Waals surface area contributed by atoms with Crippen LogP contribution in [0.2, 0.25) is 0 Å². The summed E-state index contributed by atoms with van der Waals surface area (Å²) in [5.41, 5.74) is 3.90. The smallest absolute Gasteiger partial charge is 0.155 e. The van der Waals surface area contributed by atoms with Crippen molar-refractivity contribution in [2.75, 3.05) is 25.0 Å². The number of hydrogen-bond donors (Lipinski definition) is 3. The Kier molecular flexibility index (Phi) is 5.33. The van der Waals surface area contributed by atoms with Gasteiger partial charge in [-0.25, -0.2) is 0 Å². The highest BCUT2D eigenvalue weighted by Crippen LogP contribution is 2.39. The van der Waals surface area contributed by atoms with Gasteiger partial charge in [0.25, 0.3) is 0 Å². The molecule has 2 aliphatic rings. The summed E-state index contributed by atoms with van der Waals surface area (Å²) in [5, 5.41) is 34.9. The molecule has 2 aliphatic heterocycles. The number of benzene rings is 1. The summed E-state index contributed by atoms with van der Waals surface area (Å²) in [6.07, 6.45) is 2.33. The number of aromatic nitrogens is 2. The van der Waals surface area contributed by atoms with Crippen molar-refractivity contribution < 1.29 is 0 Å². The largest absolute Gasteiger partial charge is 0.368 e. The number of H-pyrrole nitrogens is 1. The Hall–Kier alpha value is -3.16. The molecule has 2 unspecified atom stereocenters. The lowest BCUT2D eigenvalue weighted by Crippen LogP contribution is -2.31.